The van der Waals surface area contributed by atoms with Gasteiger partial charge in [-0.25, -0.2) is 14.5 Å². The largest absolute Gasteiger partial charge is 0.416 e. The summed E-state index contributed by atoms with van der Waals surface area (Å²) in [4.78, 5) is 8.24. The molecule has 8 nitrogen and oxygen atoms in total. The highest BCUT2D eigenvalue weighted by Gasteiger charge is 2.31. The standard InChI is InChI=1S/C27H18F3N7O/c1-17-4-6-23-25(22(17)7-5-21-14-32-24-3-2-8-33-37(21)24)38-35-26(23)34-20-12-18(15-36-10-9-31-16-36)11-19(13-20)27(28,29)30/h2-4,6,8-14,16H,15H2,1H3,(H,34,35). The number of fused-ring (bicyclic) bond motifs is 2. The molecule has 6 rings (SSSR count). The maximum Gasteiger partial charge on any atom is 0.416 e. The molecule has 0 unspecified atom stereocenters. The van der Waals surface area contributed by atoms with Crippen molar-refractivity contribution in [2.45, 2.75) is 19.6 Å². The van der Waals surface area contributed by atoms with E-state index >= 15 is 0 Å². The van der Waals surface area contributed by atoms with Crippen LogP contribution in [0, 0.1) is 18.8 Å². The Bertz CT molecular complexity index is 1840. The number of hydrogen-bond acceptors (Lipinski definition) is 6. The van der Waals surface area contributed by atoms with Gasteiger partial charge in [0, 0.05) is 30.8 Å². The molecule has 0 bridgehead atoms. The van der Waals surface area contributed by atoms with Gasteiger partial charge >= 0.3 is 6.18 Å². The molecule has 4 aromatic heterocycles. The van der Waals surface area contributed by atoms with E-state index in [1.165, 1.54) is 0 Å². The van der Waals surface area contributed by atoms with E-state index in [4.69, 9.17) is 4.52 Å². The van der Waals surface area contributed by atoms with Gasteiger partial charge in [0.15, 0.2) is 17.0 Å². The summed E-state index contributed by atoms with van der Waals surface area (Å²) in [5.74, 6) is 6.48. The average molecular weight is 513 g/mol. The van der Waals surface area contributed by atoms with Crippen LogP contribution in [0.3, 0.4) is 0 Å². The normalized spacial score (nSPS) is 11.6. The molecule has 0 aliphatic rings. The summed E-state index contributed by atoms with van der Waals surface area (Å²) in [5.41, 5.74) is 3.08. The molecule has 0 aliphatic carbocycles. The SMILES string of the molecule is Cc1ccc2c(Nc3cc(Cn4ccnc4)cc(C(F)(F)F)c3)noc2c1C#Cc1cnc2cccnn12. The van der Waals surface area contributed by atoms with Crippen LogP contribution in [0.4, 0.5) is 24.7 Å². The van der Waals surface area contributed by atoms with Gasteiger partial charge in [-0.15, -0.1) is 0 Å². The topological polar surface area (TPSA) is 86.1 Å². The van der Waals surface area contributed by atoms with E-state index in [9.17, 15) is 13.2 Å². The zero-order valence-corrected chi connectivity index (χ0v) is 19.9. The summed E-state index contributed by atoms with van der Waals surface area (Å²) in [6.07, 6.45) is 3.57. The van der Waals surface area contributed by atoms with Crippen LogP contribution >= 0.6 is 0 Å². The van der Waals surface area contributed by atoms with Gasteiger partial charge in [0.1, 0.15) is 5.69 Å². The summed E-state index contributed by atoms with van der Waals surface area (Å²) >= 11 is 0. The molecular formula is C27H18F3N7O. The van der Waals surface area contributed by atoms with E-state index in [-0.39, 0.29) is 18.1 Å². The molecule has 38 heavy (non-hydrogen) atoms. The quantitative estimate of drug-likeness (QED) is 0.310. The van der Waals surface area contributed by atoms with Gasteiger partial charge in [-0.1, -0.05) is 17.1 Å². The first-order valence-electron chi connectivity index (χ1n) is 11.5. The van der Waals surface area contributed by atoms with E-state index in [1.807, 2.05) is 19.1 Å². The first kappa shape index (κ1) is 23.3. The molecule has 0 amide bonds. The number of hydrogen-bond donors (Lipinski definition) is 1. The second-order valence-corrected chi connectivity index (χ2v) is 8.63. The van der Waals surface area contributed by atoms with Gasteiger partial charge in [0.05, 0.1) is 29.0 Å². The van der Waals surface area contributed by atoms with Crippen LogP contribution in [-0.4, -0.2) is 29.3 Å². The second kappa shape index (κ2) is 9.08. The Balaban J connectivity index is 1.37. The minimum absolute atomic E-state index is 0.231. The maximum absolute atomic E-state index is 13.6. The van der Waals surface area contributed by atoms with E-state index in [1.54, 1.807) is 58.4 Å². The molecule has 0 fully saturated rings. The number of anilines is 2. The van der Waals surface area contributed by atoms with Crippen LogP contribution in [0.2, 0.25) is 0 Å². The lowest BCUT2D eigenvalue weighted by Gasteiger charge is -2.13. The summed E-state index contributed by atoms with van der Waals surface area (Å²) in [6, 6.07) is 11.1. The number of benzene rings is 2. The van der Waals surface area contributed by atoms with Gasteiger partial charge in [0.25, 0.3) is 0 Å². The summed E-state index contributed by atoms with van der Waals surface area (Å²) < 4.78 is 49.9. The lowest BCUT2D eigenvalue weighted by atomic mass is 10.1. The van der Waals surface area contributed by atoms with Crippen LogP contribution in [-0.2, 0) is 12.7 Å². The molecule has 2 aromatic carbocycles. The van der Waals surface area contributed by atoms with Crippen molar-refractivity contribution < 1.29 is 17.7 Å². The van der Waals surface area contributed by atoms with Crippen molar-refractivity contribution in [3.05, 3.63) is 102 Å². The van der Waals surface area contributed by atoms with E-state index in [2.05, 4.69) is 37.4 Å². The fourth-order valence-electron chi connectivity index (χ4n) is 4.14. The Hall–Kier alpha value is -5.11. The van der Waals surface area contributed by atoms with E-state index in [0.717, 1.165) is 17.7 Å². The number of rotatable bonds is 4. The van der Waals surface area contributed by atoms with Gasteiger partial charge in [-0.3, -0.25) is 0 Å². The summed E-state index contributed by atoms with van der Waals surface area (Å²) in [6.45, 7) is 2.12. The number of aryl methyl sites for hydroxylation is 1. The third-order valence-corrected chi connectivity index (χ3v) is 5.95. The van der Waals surface area contributed by atoms with Crippen LogP contribution in [0.1, 0.15) is 27.9 Å². The minimum atomic E-state index is -4.51. The number of halogens is 3. The fraction of sp³-hybridized carbons (Fsp3) is 0.111. The first-order valence-corrected chi connectivity index (χ1v) is 11.5. The van der Waals surface area contributed by atoms with Gasteiger partial charge in [0.2, 0.25) is 0 Å². The second-order valence-electron chi connectivity index (χ2n) is 8.63. The predicted molar refractivity (Wildman–Crippen MR) is 134 cm³/mol. The smallest absolute Gasteiger partial charge is 0.353 e. The van der Waals surface area contributed by atoms with Gasteiger partial charge in [-0.05, 0) is 60.4 Å². The summed E-state index contributed by atoms with van der Waals surface area (Å²) in [7, 11) is 0. The number of alkyl halides is 3. The Morgan fingerprint density at radius 3 is 2.79 bits per heavy atom. The highest BCUT2D eigenvalue weighted by atomic mass is 19.4. The Morgan fingerprint density at radius 1 is 1.08 bits per heavy atom. The predicted octanol–water partition coefficient (Wildman–Crippen LogP) is 5.59. The van der Waals surface area contributed by atoms with E-state index in [0.29, 0.717) is 33.4 Å². The lowest BCUT2D eigenvalue weighted by Crippen LogP contribution is -2.08. The highest BCUT2D eigenvalue weighted by molar-refractivity contribution is 5.94. The molecule has 4 heterocycles. The molecule has 0 saturated heterocycles. The molecule has 0 radical (unpaired) electrons. The van der Waals surface area contributed by atoms with Crippen molar-refractivity contribution in [2.24, 2.45) is 0 Å². The first-order chi connectivity index (χ1) is 18.3. The van der Waals surface area contributed by atoms with Crippen molar-refractivity contribution in [3.63, 3.8) is 0 Å². The van der Waals surface area contributed by atoms with Crippen molar-refractivity contribution >= 4 is 28.1 Å². The van der Waals surface area contributed by atoms with Crippen LogP contribution in [0.15, 0.2) is 78.1 Å². The number of nitrogens with zero attached hydrogens (tertiary/aromatic N) is 6. The molecule has 11 heteroatoms. The lowest BCUT2D eigenvalue weighted by molar-refractivity contribution is -0.137. The number of imidazole rings is 2. The third kappa shape index (κ3) is 4.43. The Morgan fingerprint density at radius 2 is 1.97 bits per heavy atom. The Labute approximate surface area is 213 Å². The van der Waals surface area contributed by atoms with Gasteiger partial charge < -0.3 is 14.4 Å². The number of nitrogens with one attached hydrogen (secondary N) is 1. The molecular weight excluding hydrogens is 495 g/mol. The monoisotopic (exact) mass is 513 g/mol. The highest BCUT2D eigenvalue weighted by Crippen LogP contribution is 2.35. The molecule has 188 valence electrons. The minimum Gasteiger partial charge on any atom is -0.353 e. The molecule has 0 saturated carbocycles. The average Bonchev–Trinajstić information content (AvgIpc) is 3.64. The molecule has 0 aliphatic heterocycles. The van der Waals surface area contributed by atoms with Crippen molar-refractivity contribution in [1.82, 2.24) is 29.3 Å². The molecule has 0 atom stereocenters. The Kier molecular flexibility index (Phi) is 5.57. The molecule has 0 spiro atoms. The zero-order valence-electron chi connectivity index (χ0n) is 19.9. The van der Waals surface area contributed by atoms with Crippen LogP contribution in [0.25, 0.3) is 16.6 Å². The van der Waals surface area contributed by atoms with E-state index < -0.39 is 11.7 Å². The van der Waals surface area contributed by atoms with Crippen molar-refractivity contribution in [3.8, 4) is 11.8 Å². The zero-order chi connectivity index (χ0) is 26.3. The number of aromatic nitrogens is 6. The summed E-state index contributed by atoms with van der Waals surface area (Å²) in [5, 5.41) is 12.0. The van der Waals surface area contributed by atoms with Gasteiger partial charge in [-0.2, -0.15) is 18.3 Å². The maximum atomic E-state index is 13.6. The van der Waals surface area contributed by atoms with Crippen molar-refractivity contribution in [1.29, 1.82) is 0 Å². The molecule has 6 aromatic rings. The van der Waals surface area contributed by atoms with Crippen LogP contribution in [0.5, 0.6) is 0 Å². The third-order valence-electron chi connectivity index (χ3n) is 5.95. The fourth-order valence-corrected chi connectivity index (χ4v) is 4.14. The molecule has 1 N–H and O–H groups in total. The van der Waals surface area contributed by atoms with Crippen molar-refractivity contribution in [2.75, 3.05) is 5.32 Å². The van der Waals surface area contributed by atoms with Crippen LogP contribution < -0.4 is 5.32 Å².